The van der Waals surface area contributed by atoms with Crippen LogP contribution < -0.4 is 0 Å². The normalized spacial score (nSPS) is 10.0. The number of carboxylic acids is 1. The van der Waals surface area contributed by atoms with E-state index in [2.05, 4.69) is 31.9 Å². The first-order valence-corrected chi connectivity index (χ1v) is 7.11. The molecule has 0 amide bonds. The molecular formula is C15H10Br2O2. The van der Waals surface area contributed by atoms with Crippen LogP contribution in [0.2, 0.25) is 0 Å². The van der Waals surface area contributed by atoms with Crippen molar-refractivity contribution in [2.75, 3.05) is 0 Å². The van der Waals surface area contributed by atoms with Crippen molar-refractivity contribution in [2.24, 2.45) is 0 Å². The first-order chi connectivity index (χ1) is 9.06. The van der Waals surface area contributed by atoms with Crippen molar-refractivity contribution in [1.82, 2.24) is 0 Å². The van der Waals surface area contributed by atoms with Gasteiger partial charge in [0.1, 0.15) is 0 Å². The van der Waals surface area contributed by atoms with E-state index in [1.165, 1.54) is 6.08 Å². The topological polar surface area (TPSA) is 37.3 Å². The Morgan fingerprint density at radius 1 is 0.842 bits per heavy atom. The minimum absolute atomic E-state index is 0.688. The quantitative estimate of drug-likeness (QED) is 0.780. The highest BCUT2D eigenvalue weighted by Crippen LogP contribution is 2.26. The van der Waals surface area contributed by atoms with E-state index in [9.17, 15) is 4.79 Å². The van der Waals surface area contributed by atoms with Crippen molar-refractivity contribution in [3.63, 3.8) is 0 Å². The average Bonchev–Trinajstić information content (AvgIpc) is 2.38. The van der Waals surface area contributed by atoms with Crippen LogP contribution in [0.4, 0.5) is 0 Å². The third-order valence-electron chi connectivity index (χ3n) is 2.58. The first kappa shape index (κ1) is 14.0. The SMILES string of the molecule is O=C(O)C=C(c1ccc(Br)cc1)c1ccc(Br)cc1. The van der Waals surface area contributed by atoms with E-state index < -0.39 is 5.97 Å². The molecule has 0 saturated carbocycles. The van der Waals surface area contributed by atoms with E-state index in [-0.39, 0.29) is 0 Å². The second-order valence-corrected chi connectivity index (χ2v) is 5.74. The van der Waals surface area contributed by atoms with Gasteiger partial charge in [-0.05, 0) is 41.0 Å². The van der Waals surface area contributed by atoms with Crippen molar-refractivity contribution in [3.05, 3.63) is 74.7 Å². The zero-order valence-corrected chi connectivity index (χ0v) is 13.0. The zero-order chi connectivity index (χ0) is 13.8. The Hall–Kier alpha value is -1.39. The predicted octanol–water partition coefficient (Wildman–Crippen LogP) is 4.73. The molecule has 0 atom stereocenters. The van der Waals surface area contributed by atoms with Crippen LogP contribution in [0.25, 0.3) is 5.57 Å². The van der Waals surface area contributed by atoms with Crippen LogP contribution in [0.15, 0.2) is 63.6 Å². The summed E-state index contributed by atoms with van der Waals surface area (Å²) in [5.74, 6) is -0.958. The van der Waals surface area contributed by atoms with Crippen LogP contribution in [0.5, 0.6) is 0 Å². The van der Waals surface area contributed by atoms with Gasteiger partial charge >= 0.3 is 5.97 Å². The van der Waals surface area contributed by atoms with E-state index in [1.807, 2.05) is 48.5 Å². The molecule has 0 aliphatic heterocycles. The van der Waals surface area contributed by atoms with Crippen molar-refractivity contribution < 1.29 is 9.90 Å². The molecule has 0 aliphatic carbocycles. The lowest BCUT2D eigenvalue weighted by Crippen LogP contribution is -1.94. The Labute approximate surface area is 128 Å². The van der Waals surface area contributed by atoms with Gasteiger partial charge in [0, 0.05) is 15.0 Å². The Morgan fingerprint density at radius 2 is 1.21 bits per heavy atom. The summed E-state index contributed by atoms with van der Waals surface area (Å²) in [4.78, 5) is 11.0. The number of hydrogen-bond donors (Lipinski definition) is 1. The van der Waals surface area contributed by atoms with Gasteiger partial charge in [-0.3, -0.25) is 0 Å². The number of benzene rings is 2. The molecule has 0 fully saturated rings. The molecule has 0 unspecified atom stereocenters. The van der Waals surface area contributed by atoms with E-state index in [0.717, 1.165) is 20.1 Å². The molecule has 1 N–H and O–H groups in total. The highest BCUT2D eigenvalue weighted by Gasteiger charge is 2.07. The average molecular weight is 382 g/mol. The number of carboxylic acid groups (broad SMARTS) is 1. The van der Waals surface area contributed by atoms with E-state index in [1.54, 1.807) is 0 Å². The van der Waals surface area contributed by atoms with Crippen molar-refractivity contribution >= 4 is 43.4 Å². The molecule has 0 radical (unpaired) electrons. The molecule has 0 spiro atoms. The molecule has 19 heavy (non-hydrogen) atoms. The van der Waals surface area contributed by atoms with Crippen LogP contribution >= 0.6 is 31.9 Å². The largest absolute Gasteiger partial charge is 0.478 e. The highest BCUT2D eigenvalue weighted by molar-refractivity contribution is 9.10. The molecule has 0 heterocycles. The smallest absolute Gasteiger partial charge is 0.328 e. The monoisotopic (exact) mass is 380 g/mol. The highest BCUT2D eigenvalue weighted by atomic mass is 79.9. The fourth-order valence-corrected chi connectivity index (χ4v) is 2.24. The lowest BCUT2D eigenvalue weighted by Gasteiger charge is -2.08. The number of rotatable bonds is 3. The van der Waals surface area contributed by atoms with Crippen LogP contribution in [0, 0.1) is 0 Å². The first-order valence-electron chi connectivity index (χ1n) is 5.53. The lowest BCUT2D eigenvalue weighted by atomic mass is 9.98. The second-order valence-electron chi connectivity index (χ2n) is 3.91. The van der Waals surface area contributed by atoms with Gasteiger partial charge in [-0.2, -0.15) is 0 Å². The van der Waals surface area contributed by atoms with Gasteiger partial charge in [-0.1, -0.05) is 56.1 Å². The van der Waals surface area contributed by atoms with Crippen LogP contribution in [-0.2, 0) is 4.79 Å². The molecule has 96 valence electrons. The summed E-state index contributed by atoms with van der Waals surface area (Å²) in [7, 11) is 0. The van der Waals surface area contributed by atoms with Crippen molar-refractivity contribution in [1.29, 1.82) is 0 Å². The Bertz CT molecular complexity index is 566. The van der Waals surface area contributed by atoms with Crippen LogP contribution in [-0.4, -0.2) is 11.1 Å². The van der Waals surface area contributed by atoms with Gasteiger partial charge in [-0.15, -0.1) is 0 Å². The summed E-state index contributed by atoms with van der Waals surface area (Å²) in [5, 5.41) is 9.02. The maximum Gasteiger partial charge on any atom is 0.328 e. The standard InChI is InChI=1S/C15H10Br2O2/c16-12-5-1-10(2-6-12)14(9-15(18)19)11-3-7-13(17)8-4-11/h1-9H,(H,18,19). The van der Waals surface area contributed by atoms with E-state index in [0.29, 0.717) is 5.57 Å². The van der Waals surface area contributed by atoms with E-state index in [4.69, 9.17) is 5.11 Å². The third-order valence-corrected chi connectivity index (χ3v) is 3.64. The molecule has 2 rings (SSSR count). The van der Waals surface area contributed by atoms with Crippen molar-refractivity contribution in [3.8, 4) is 0 Å². The summed E-state index contributed by atoms with van der Waals surface area (Å²) in [6.45, 7) is 0. The second kappa shape index (κ2) is 6.17. The molecule has 0 aromatic heterocycles. The Kier molecular flexibility index (Phi) is 4.56. The van der Waals surface area contributed by atoms with Gasteiger partial charge in [0.05, 0.1) is 0 Å². The Balaban J connectivity index is 2.50. The molecule has 2 aromatic carbocycles. The maximum absolute atomic E-state index is 11.0. The minimum atomic E-state index is -0.958. The molecule has 2 aromatic rings. The summed E-state index contributed by atoms with van der Waals surface area (Å²) < 4.78 is 1.92. The van der Waals surface area contributed by atoms with Gasteiger partial charge in [-0.25, -0.2) is 4.79 Å². The molecule has 0 saturated heterocycles. The zero-order valence-electron chi connectivity index (χ0n) is 9.81. The number of hydrogen-bond acceptors (Lipinski definition) is 1. The van der Waals surface area contributed by atoms with Crippen molar-refractivity contribution in [2.45, 2.75) is 0 Å². The van der Waals surface area contributed by atoms with E-state index >= 15 is 0 Å². The minimum Gasteiger partial charge on any atom is -0.478 e. The van der Waals surface area contributed by atoms with Crippen LogP contribution in [0.1, 0.15) is 11.1 Å². The fraction of sp³-hybridized carbons (Fsp3) is 0. The summed E-state index contributed by atoms with van der Waals surface area (Å²) in [6.07, 6.45) is 1.23. The lowest BCUT2D eigenvalue weighted by molar-refractivity contribution is -0.131. The number of halogens is 2. The van der Waals surface area contributed by atoms with Gasteiger partial charge < -0.3 is 5.11 Å². The fourth-order valence-electron chi connectivity index (χ4n) is 1.72. The van der Waals surface area contributed by atoms with Gasteiger partial charge in [0.15, 0.2) is 0 Å². The van der Waals surface area contributed by atoms with Gasteiger partial charge in [0.25, 0.3) is 0 Å². The van der Waals surface area contributed by atoms with Crippen LogP contribution in [0.3, 0.4) is 0 Å². The molecule has 0 bridgehead atoms. The molecular weight excluding hydrogens is 372 g/mol. The van der Waals surface area contributed by atoms with Gasteiger partial charge in [0.2, 0.25) is 0 Å². The summed E-state index contributed by atoms with van der Waals surface area (Å²) >= 11 is 6.74. The summed E-state index contributed by atoms with van der Waals surface area (Å²) in [5.41, 5.74) is 2.42. The Morgan fingerprint density at radius 3 is 1.53 bits per heavy atom. The number of aliphatic carboxylic acids is 1. The molecule has 4 heteroatoms. The predicted molar refractivity (Wildman–Crippen MR) is 83.0 cm³/mol. The maximum atomic E-state index is 11.0. The summed E-state index contributed by atoms with van der Waals surface area (Å²) in [6, 6.07) is 15.1. The molecule has 2 nitrogen and oxygen atoms in total. The molecule has 0 aliphatic rings. The third kappa shape index (κ3) is 3.78. The number of carbonyl (C=O) groups is 1.